The highest BCUT2D eigenvalue weighted by atomic mass is 35.5. The Morgan fingerprint density at radius 2 is 1.22 bits per heavy atom. The van der Waals surface area contributed by atoms with Crippen molar-refractivity contribution in [2.24, 2.45) is 11.5 Å². The molecule has 3 heteroatoms. The van der Waals surface area contributed by atoms with Gasteiger partial charge in [-0.2, -0.15) is 0 Å². The molecule has 0 heterocycles. The molecule has 0 saturated heterocycles. The van der Waals surface area contributed by atoms with Crippen molar-refractivity contribution in [3.63, 3.8) is 0 Å². The van der Waals surface area contributed by atoms with Crippen molar-refractivity contribution >= 4 is 12.4 Å². The van der Waals surface area contributed by atoms with Gasteiger partial charge in [-0.25, -0.2) is 0 Å². The van der Waals surface area contributed by atoms with Gasteiger partial charge in [0.05, 0.1) is 0 Å². The van der Waals surface area contributed by atoms with Crippen LogP contribution >= 0.6 is 12.4 Å². The fraction of sp³-hybridized carbons (Fsp3) is 1.00. The van der Waals surface area contributed by atoms with Crippen LogP contribution in [-0.4, -0.2) is 12.1 Å². The normalized spacial score (nSPS) is 35.3. The molecule has 0 amide bonds. The molecule has 9 heavy (non-hydrogen) atoms. The van der Waals surface area contributed by atoms with Crippen molar-refractivity contribution in [3.8, 4) is 0 Å². The van der Waals surface area contributed by atoms with E-state index in [9.17, 15) is 0 Å². The molecular weight excluding hydrogens is 136 g/mol. The highest BCUT2D eigenvalue weighted by molar-refractivity contribution is 5.85. The summed E-state index contributed by atoms with van der Waals surface area (Å²) in [6.45, 7) is 0. The zero-order valence-electron chi connectivity index (χ0n) is 5.55. The second-order valence-corrected chi connectivity index (χ2v) is 2.61. The molecule has 0 spiro atoms. The summed E-state index contributed by atoms with van der Waals surface area (Å²) in [6.07, 6.45) is 4.80. The molecule has 0 radical (unpaired) electrons. The van der Waals surface area contributed by atoms with E-state index in [4.69, 9.17) is 11.5 Å². The fourth-order valence-electron chi connectivity index (χ4n) is 1.19. The first kappa shape index (κ1) is 9.21. The van der Waals surface area contributed by atoms with Gasteiger partial charge in [0, 0.05) is 12.1 Å². The molecule has 0 aromatic carbocycles. The van der Waals surface area contributed by atoms with Gasteiger partial charge in [-0.1, -0.05) is 12.8 Å². The Morgan fingerprint density at radius 3 is 1.44 bits per heavy atom. The third kappa shape index (κ3) is 2.52. The number of hydrogen-bond acceptors (Lipinski definition) is 2. The fourth-order valence-corrected chi connectivity index (χ4v) is 1.19. The summed E-state index contributed by atoms with van der Waals surface area (Å²) in [5.41, 5.74) is 11.3. The maximum absolute atomic E-state index is 5.65. The first-order valence-electron chi connectivity index (χ1n) is 3.32. The topological polar surface area (TPSA) is 52.0 Å². The van der Waals surface area contributed by atoms with Gasteiger partial charge in [0.2, 0.25) is 0 Å². The van der Waals surface area contributed by atoms with Crippen LogP contribution in [0.15, 0.2) is 0 Å². The number of rotatable bonds is 0. The summed E-state index contributed by atoms with van der Waals surface area (Å²) in [7, 11) is 0. The van der Waals surface area contributed by atoms with Crippen molar-refractivity contribution < 1.29 is 0 Å². The summed E-state index contributed by atoms with van der Waals surface area (Å²) >= 11 is 0. The standard InChI is InChI=1S/C6H14N2.ClH/c7-5-3-1-2-4-6(5)8;/h5-6H,1-4,7-8H2;1H/t5-,6-;/m0./s1. The molecule has 1 aliphatic carbocycles. The van der Waals surface area contributed by atoms with E-state index in [-0.39, 0.29) is 24.5 Å². The molecule has 2 nitrogen and oxygen atoms in total. The number of halogens is 1. The Morgan fingerprint density at radius 1 is 0.889 bits per heavy atom. The summed E-state index contributed by atoms with van der Waals surface area (Å²) < 4.78 is 0. The second kappa shape index (κ2) is 4.09. The molecule has 1 aliphatic rings. The third-order valence-electron chi connectivity index (χ3n) is 1.87. The van der Waals surface area contributed by atoms with E-state index in [1.165, 1.54) is 12.8 Å². The van der Waals surface area contributed by atoms with Crippen molar-refractivity contribution in [2.75, 3.05) is 0 Å². The lowest BCUT2D eigenvalue weighted by molar-refractivity contribution is 0.385. The smallest absolute Gasteiger partial charge is 0.0192 e. The van der Waals surface area contributed by atoms with Crippen LogP contribution in [-0.2, 0) is 0 Å². The van der Waals surface area contributed by atoms with Gasteiger partial charge in [0.1, 0.15) is 0 Å². The van der Waals surface area contributed by atoms with Gasteiger partial charge in [-0.15, -0.1) is 12.4 Å². The number of hydrogen-bond donors (Lipinski definition) is 2. The van der Waals surface area contributed by atoms with Crippen molar-refractivity contribution in [3.05, 3.63) is 0 Å². The lowest BCUT2D eigenvalue weighted by Crippen LogP contribution is -2.43. The average molecular weight is 151 g/mol. The van der Waals surface area contributed by atoms with Gasteiger partial charge in [0.15, 0.2) is 0 Å². The summed E-state index contributed by atoms with van der Waals surface area (Å²) in [6, 6.07) is 0.562. The Hall–Kier alpha value is 0.210. The highest BCUT2D eigenvalue weighted by Gasteiger charge is 2.16. The molecular formula is C6H15ClN2. The summed E-state index contributed by atoms with van der Waals surface area (Å²) in [4.78, 5) is 0. The minimum absolute atomic E-state index is 0. The SMILES string of the molecule is Cl.N[C@H]1CCCC[C@@H]1N. The van der Waals surface area contributed by atoms with Crippen molar-refractivity contribution in [1.82, 2.24) is 0 Å². The van der Waals surface area contributed by atoms with E-state index in [0.29, 0.717) is 0 Å². The third-order valence-corrected chi connectivity index (χ3v) is 1.87. The zero-order chi connectivity index (χ0) is 5.98. The Kier molecular flexibility index (Phi) is 4.19. The second-order valence-electron chi connectivity index (χ2n) is 2.61. The average Bonchev–Trinajstić information content (AvgIpc) is 1.77. The van der Waals surface area contributed by atoms with Crippen LogP contribution in [0.2, 0.25) is 0 Å². The van der Waals surface area contributed by atoms with Gasteiger partial charge < -0.3 is 11.5 Å². The highest BCUT2D eigenvalue weighted by Crippen LogP contribution is 2.14. The van der Waals surface area contributed by atoms with Crippen LogP contribution < -0.4 is 11.5 Å². The van der Waals surface area contributed by atoms with Crippen molar-refractivity contribution in [2.45, 2.75) is 37.8 Å². The lowest BCUT2D eigenvalue weighted by Gasteiger charge is -2.24. The largest absolute Gasteiger partial charge is 0.326 e. The van der Waals surface area contributed by atoms with E-state index < -0.39 is 0 Å². The predicted molar refractivity (Wildman–Crippen MR) is 41.7 cm³/mol. The predicted octanol–water partition coefficient (Wildman–Crippen LogP) is 0.637. The maximum atomic E-state index is 5.65. The van der Waals surface area contributed by atoms with Crippen LogP contribution in [0.4, 0.5) is 0 Å². The molecule has 0 unspecified atom stereocenters. The molecule has 0 aromatic rings. The maximum Gasteiger partial charge on any atom is 0.0192 e. The van der Waals surface area contributed by atoms with Gasteiger partial charge in [-0.3, -0.25) is 0 Å². The van der Waals surface area contributed by atoms with Crippen molar-refractivity contribution in [1.29, 1.82) is 0 Å². The summed E-state index contributed by atoms with van der Waals surface area (Å²) in [5, 5.41) is 0. The van der Waals surface area contributed by atoms with Gasteiger partial charge >= 0.3 is 0 Å². The molecule has 0 aromatic heterocycles. The van der Waals surface area contributed by atoms with Crippen LogP contribution in [0.25, 0.3) is 0 Å². The Bertz CT molecular complexity index is 67.5. The molecule has 1 fully saturated rings. The Labute approximate surface area is 62.4 Å². The first-order chi connectivity index (χ1) is 3.80. The van der Waals surface area contributed by atoms with Crippen LogP contribution in [0.1, 0.15) is 25.7 Å². The lowest BCUT2D eigenvalue weighted by atomic mass is 9.92. The molecule has 56 valence electrons. The zero-order valence-corrected chi connectivity index (χ0v) is 6.36. The van der Waals surface area contributed by atoms with E-state index in [0.717, 1.165) is 12.8 Å². The van der Waals surface area contributed by atoms with Gasteiger partial charge in [0.25, 0.3) is 0 Å². The summed E-state index contributed by atoms with van der Waals surface area (Å²) in [5.74, 6) is 0. The van der Waals surface area contributed by atoms with Gasteiger partial charge in [-0.05, 0) is 12.8 Å². The van der Waals surface area contributed by atoms with E-state index in [2.05, 4.69) is 0 Å². The minimum Gasteiger partial charge on any atom is -0.326 e. The molecule has 0 bridgehead atoms. The molecule has 1 rings (SSSR count). The van der Waals surface area contributed by atoms with Crippen LogP contribution in [0.3, 0.4) is 0 Å². The molecule has 0 aliphatic heterocycles. The van der Waals surface area contributed by atoms with E-state index in [1.54, 1.807) is 0 Å². The van der Waals surface area contributed by atoms with E-state index in [1.807, 2.05) is 0 Å². The van der Waals surface area contributed by atoms with E-state index >= 15 is 0 Å². The monoisotopic (exact) mass is 150 g/mol. The molecule has 1 saturated carbocycles. The minimum atomic E-state index is 0. The molecule has 2 atom stereocenters. The van der Waals surface area contributed by atoms with Crippen LogP contribution in [0, 0.1) is 0 Å². The Balaban J connectivity index is 0.000000640. The van der Waals surface area contributed by atoms with Crippen LogP contribution in [0.5, 0.6) is 0 Å². The molecule has 4 N–H and O–H groups in total. The first-order valence-corrected chi connectivity index (χ1v) is 3.32. The quantitative estimate of drug-likeness (QED) is 0.533. The number of nitrogens with two attached hydrogens (primary N) is 2.